The molecule has 2 aromatic carbocycles. The van der Waals surface area contributed by atoms with Crippen LogP contribution in [0.5, 0.6) is 0 Å². The van der Waals surface area contributed by atoms with Crippen molar-refractivity contribution in [1.82, 2.24) is 0 Å². The van der Waals surface area contributed by atoms with E-state index in [-0.39, 0.29) is 11.9 Å². The fourth-order valence-electron chi connectivity index (χ4n) is 3.35. The first-order chi connectivity index (χ1) is 14.9. The van der Waals surface area contributed by atoms with Gasteiger partial charge in [-0.25, -0.2) is 0 Å². The molecule has 0 aromatic heterocycles. The van der Waals surface area contributed by atoms with Gasteiger partial charge in [0.05, 0.1) is 11.9 Å². The molecule has 1 aliphatic rings. The summed E-state index contributed by atoms with van der Waals surface area (Å²) in [5, 5.41) is -0.123. The van der Waals surface area contributed by atoms with Crippen molar-refractivity contribution >= 4 is 23.7 Å². The van der Waals surface area contributed by atoms with Crippen molar-refractivity contribution in [2.75, 3.05) is 6.61 Å². The molecule has 7 heteroatoms. The highest BCUT2D eigenvalue weighted by Crippen LogP contribution is 2.37. The van der Waals surface area contributed by atoms with Crippen molar-refractivity contribution in [3.63, 3.8) is 0 Å². The van der Waals surface area contributed by atoms with Crippen LogP contribution in [0.4, 0.5) is 0 Å². The fourth-order valence-corrected chi connectivity index (χ4v) is 4.61. The van der Waals surface area contributed by atoms with Gasteiger partial charge in [-0.1, -0.05) is 48.0 Å². The third-order valence-electron chi connectivity index (χ3n) is 4.82. The Balaban J connectivity index is 1.77. The molecule has 0 amide bonds. The first kappa shape index (κ1) is 23.3. The van der Waals surface area contributed by atoms with Gasteiger partial charge in [-0.2, -0.15) is 0 Å². The molecule has 0 bridgehead atoms. The van der Waals surface area contributed by atoms with E-state index in [4.69, 9.17) is 18.9 Å². The Bertz CT molecular complexity index is 854. The van der Waals surface area contributed by atoms with Crippen molar-refractivity contribution < 1.29 is 28.5 Å². The van der Waals surface area contributed by atoms with Crippen LogP contribution in [-0.2, 0) is 35.1 Å². The fraction of sp³-hybridized carbons (Fsp3) is 0.417. The average molecular weight is 445 g/mol. The minimum absolute atomic E-state index is 0.0105. The van der Waals surface area contributed by atoms with E-state index in [2.05, 4.69) is 0 Å². The van der Waals surface area contributed by atoms with E-state index >= 15 is 0 Å². The Kier molecular flexibility index (Phi) is 8.51. The first-order valence-corrected chi connectivity index (χ1v) is 11.1. The minimum Gasteiger partial charge on any atom is -0.463 e. The van der Waals surface area contributed by atoms with Gasteiger partial charge in [-0.15, -0.1) is 11.8 Å². The second-order valence-electron chi connectivity index (χ2n) is 7.48. The molecule has 166 valence electrons. The van der Waals surface area contributed by atoms with E-state index in [0.717, 1.165) is 10.5 Å². The normalized spacial score (nSPS) is 23.2. The first-order valence-electron chi connectivity index (χ1n) is 10.3. The van der Waals surface area contributed by atoms with E-state index in [1.807, 2.05) is 61.5 Å². The molecule has 0 radical (unpaired) electrons. The van der Waals surface area contributed by atoms with Gasteiger partial charge in [-0.3, -0.25) is 9.59 Å². The van der Waals surface area contributed by atoms with Crippen LogP contribution in [0.25, 0.3) is 0 Å². The molecule has 0 aliphatic carbocycles. The van der Waals surface area contributed by atoms with E-state index in [0.29, 0.717) is 13.0 Å². The molecule has 0 unspecified atom stereocenters. The summed E-state index contributed by atoms with van der Waals surface area (Å²) in [6.45, 7) is 5.13. The van der Waals surface area contributed by atoms with Gasteiger partial charge in [0.15, 0.2) is 6.29 Å². The van der Waals surface area contributed by atoms with E-state index in [1.165, 1.54) is 19.4 Å². The number of carbonyl (C=O) groups is 2. The number of aryl methyl sites for hydroxylation is 1. The minimum atomic E-state index is -0.620. The lowest BCUT2D eigenvalue weighted by Gasteiger charge is -2.40. The van der Waals surface area contributed by atoms with Gasteiger partial charge in [0.25, 0.3) is 0 Å². The zero-order valence-corrected chi connectivity index (χ0v) is 18.8. The van der Waals surface area contributed by atoms with Crippen molar-refractivity contribution in [2.24, 2.45) is 0 Å². The highest BCUT2D eigenvalue weighted by Gasteiger charge is 2.42. The molecule has 2 aromatic rings. The van der Waals surface area contributed by atoms with Crippen LogP contribution < -0.4 is 0 Å². The Morgan fingerprint density at radius 3 is 2.39 bits per heavy atom. The number of carbonyl (C=O) groups excluding carboxylic acids is 2. The van der Waals surface area contributed by atoms with Crippen molar-refractivity contribution in [2.45, 2.75) is 62.4 Å². The lowest BCUT2D eigenvalue weighted by molar-refractivity contribution is -0.239. The summed E-state index contributed by atoms with van der Waals surface area (Å²) in [7, 11) is 0. The molecular weight excluding hydrogens is 416 g/mol. The summed E-state index contributed by atoms with van der Waals surface area (Å²) in [4.78, 5) is 24.3. The van der Waals surface area contributed by atoms with Crippen LogP contribution in [0.15, 0.2) is 59.5 Å². The van der Waals surface area contributed by atoms with Gasteiger partial charge in [0.2, 0.25) is 0 Å². The molecule has 6 nitrogen and oxygen atoms in total. The standard InChI is InChI=1S/C24H28O6S/c1-16-9-11-20(12-10-16)31-22-13-23(28-14-19-7-5-4-6-8-19)30-21(15-27-17(2)25)24(22)29-18(3)26/h4-12,21-24H,13-15H2,1-3H3/t21-,22-,23+,24-/m1/s1. The van der Waals surface area contributed by atoms with Gasteiger partial charge in [-0.05, 0) is 24.6 Å². The molecule has 3 rings (SSSR count). The van der Waals surface area contributed by atoms with E-state index < -0.39 is 30.4 Å². The van der Waals surface area contributed by atoms with Crippen molar-refractivity contribution in [3.8, 4) is 0 Å². The number of thioether (sulfide) groups is 1. The van der Waals surface area contributed by atoms with Crippen LogP contribution in [-0.4, -0.2) is 42.3 Å². The van der Waals surface area contributed by atoms with Crippen LogP contribution in [0.3, 0.4) is 0 Å². The molecule has 1 saturated heterocycles. The summed E-state index contributed by atoms with van der Waals surface area (Å²) in [6, 6.07) is 18.0. The summed E-state index contributed by atoms with van der Waals surface area (Å²) in [5.41, 5.74) is 2.21. The molecular formula is C24H28O6S. The van der Waals surface area contributed by atoms with Crippen LogP contribution >= 0.6 is 11.8 Å². The SMILES string of the molecule is CC(=O)OC[C@H]1O[C@H](OCc2ccccc2)C[C@@H](Sc2ccc(C)cc2)[C@@H]1OC(C)=O. The monoisotopic (exact) mass is 444 g/mol. The molecule has 1 heterocycles. The molecule has 1 fully saturated rings. The number of esters is 2. The molecule has 0 spiro atoms. The van der Waals surface area contributed by atoms with E-state index in [1.54, 1.807) is 11.8 Å². The highest BCUT2D eigenvalue weighted by atomic mass is 32.2. The van der Waals surface area contributed by atoms with E-state index in [9.17, 15) is 9.59 Å². The average Bonchev–Trinajstić information content (AvgIpc) is 2.74. The third kappa shape index (κ3) is 7.38. The molecule has 31 heavy (non-hydrogen) atoms. The van der Waals surface area contributed by atoms with Gasteiger partial charge < -0.3 is 18.9 Å². The van der Waals surface area contributed by atoms with Crippen molar-refractivity contribution in [1.29, 1.82) is 0 Å². The Morgan fingerprint density at radius 1 is 1.03 bits per heavy atom. The Hall–Kier alpha value is -2.35. The lowest BCUT2D eigenvalue weighted by atomic mass is 10.0. The van der Waals surface area contributed by atoms with Crippen LogP contribution in [0, 0.1) is 6.92 Å². The van der Waals surface area contributed by atoms with Crippen molar-refractivity contribution in [3.05, 3.63) is 65.7 Å². The molecule has 0 saturated carbocycles. The zero-order valence-electron chi connectivity index (χ0n) is 18.0. The number of hydrogen-bond donors (Lipinski definition) is 0. The Morgan fingerprint density at radius 2 is 1.74 bits per heavy atom. The summed E-state index contributed by atoms with van der Waals surface area (Å²) < 4.78 is 22.9. The quantitative estimate of drug-likeness (QED) is 0.563. The predicted molar refractivity (Wildman–Crippen MR) is 118 cm³/mol. The molecule has 1 aliphatic heterocycles. The lowest BCUT2D eigenvalue weighted by Crippen LogP contribution is -2.51. The smallest absolute Gasteiger partial charge is 0.303 e. The van der Waals surface area contributed by atoms with Gasteiger partial charge in [0, 0.05) is 25.2 Å². The highest BCUT2D eigenvalue weighted by molar-refractivity contribution is 8.00. The third-order valence-corrected chi connectivity index (χ3v) is 6.13. The van der Waals surface area contributed by atoms with Gasteiger partial charge >= 0.3 is 11.9 Å². The maximum absolute atomic E-state index is 11.8. The second kappa shape index (κ2) is 11.3. The van der Waals surface area contributed by atoms with Crippen LogP contribution in [0.1, 0.15) is 31.4 Å². The topological polar surface area (TPSA) is 71.1 Å². The maximum Gasteiger partial charge on any atom is 0.303 e. The zero-order chi connectivity index (χ0) is 22.2. The summed E-state index contributed by atoms with van der Waals surface area (Å²) in [5.74, 6) is -0.820. The maximum atomic E-state index is 11.8. The number of rotatable bonds is 8. The molecule has 4 atom stereocenters. The van der Waals surface area contributed by atoms with Crippen LogP contribution in [0.2, 0.25) is 0 Å². The Labute approximate surface area is 187 Å². The largest absolute Gasteiger partial charge is 0.463 e. The number of benzene rings is 2. The molecule has 0 N–H and O–H groups in total. The number of ether oxygens (including phenoxy) is 4. The van der Waals surface area contributed by atoms with Gasteiger partial charge in [0.1, 0.15) is 18.8 Å². The summed E-state index contributed by atoms with van der Waals surface area (Å²) >= 11 is 1.61. The summed E-state index contributed by atoms with van der Waals surface area (Å²) in [6.07, 6.45) is -1.18. The predicted octanol–water partition coefficient (Wildman–Crippen LogP) is 4.28. The second-order valence-corrected chi connectivity index (χ2v) is 8.79. The number of hydrogen-bond acceptors (Lipinski definition) is 7.